The summed E-state index contributed by atoms with van der Waals surface area (Å²) in [6, 6.07) is 7.81. The predicted octanol–water partition coefficient (Wildman–Crippen LogP) is 0.728. The molecule has 1 aliphatic rings. The number of hydrogen-bond acceptors (Lipinski definition) is 5. The highest BCUT2D eigenvalue weighted by Gasteiger charge is 2.27. The van der Waals surface area contributed by atoms with Crippen molar-refractivity contribution < 1.29 is 24.2 Å². The molecular weight excluding hydrogens is 312 g/mol. The van der Waals surface area contributed by atoms with Gasteiger partial charge in [-0.1, -0.05) is 12.1 Å². The number of morpholine rings is 1. The Labute approximate surface area is 142 Å². The molecule has 0 spiro atoms. The Morgan fingerprint density at radius 1 is 1.50 bits per heavy atom. The van der Waals surface area contributed by atoms with E-state index in [-0.39, 0.29) is 18.4 Å². The van der Waals surface area contributed by atoms with Crippen molar-refractivity contribution in [1.29, 1.82) is 0 Å². The van der Waals surface area contributed by atoms with Crippen molar-refractivity contribution in [2.45, 2.75) is 12.5 Å². The van der Waals surface area contributed by atoms with Crippen LogP contribution in [0.2, 0.25) is 0 Å². The van der Waals surface area contributed by atoms with Gasteiger partial charge in [-0.25, -0.2) is 0 Å². The second kappa shape index (κ2) is 10.6. The third kappa shape index (κ3) is 6.55. The smallest absolute Gasteiger partial charge is 0.290 e. The number of carbonyl (C=O) groups excluding carboxylic acids is 1. The second-order valence-corrected chi connectivity index (χ2v) is 5.71. The van der Waals surface area contributed by atoms with E-state index in [9.17, 15) is 4.79 Å². The number of methoxy groups -OCH3 is 1. The lowest BCUT2D eigenvalue weighted by atomic mass is 10.1. The lowest BCUT2D eigenvalue weighted by molar-refractivity contribution is -0.139. The molecule has 24 heavy (non-hydrogen) atoms. The number of nitrogens with zero attached hydrogens (tertiary/aromatic N) is 2. The van der Waals surface area contributed by atoms with Crippen LogP contribution in [0.15, 0.2) is 24.3 Å². The van der Waals surface area contributed by atoms with Crippen molar-refractivity contribution in [2.24, 2.45) is 0 Å². The molecule has 1 atom stereocenters. The fraction of sp³-hybridized carbons (Fsp3) is 0.529. The van der Waals surface area contributed by atoms with Crippen LogP contribution in [-0.2, 0) is 20.7 Å². The predicted molar refractivity (Wildman–Crippen MR) is 90.3 cm³/mol. The minimum Gasteiger partial charge on any atom is -0.497 e. The summed E-state index contributed by atoms with van der Waals surface area (Å²) in [5, 5.41) is 6.89. The van der Waals surface area contributed by atoms with Crippen molar-refractivity contribution in [3.63, 3.8) is 0 Å². The van der Waals surface area contributed by atoms with Gasteiger partial charge in [0.25, 0.3) is 6.47 Å². The molecule has 0 saturated carbocycles. The molecule has 1 saturated heterocycles. The SMILES string of the molecule is COc1cccc(CC(=O)N2CCOCC2CN(C)C)c1.O=CO. The zero-order chi connectivity index (χ0) is 17.9. The number of rotatable bonds is 5. The zero-order valence-corrected chi connectivity index (χ0v) is 14.5. The Hall–Kier alpha value is -2.12. The summed E-state index contributed by atoms with van der Waals surface area (Å²) in [6.07, 6.45) is 0.404. The van der Waals surface area contributed by atoms with E-state index in [2.05, 4.69) is 4.90 Å². The Balaban J connectivity index is 0.000000891. The quantitative estimate of drug-likeness (QED) is 0.797. The van der Waals surface area contributed by atoms with E-state index >= 15 is 0 Å². The van der Waals surface area contributed by atoms with Gasteiger partial charge in [-0.3, -0.25) is 9.59 Å². The third-order valence-electron chi connectivity index (χ3n) is 3.61. The molecule has 1 N–H and O–H groups in total. The standard InChI is InChI=1S/C16H24N2O3.CH2O2/c1-17(2)11-14-12-21-8-7-18(14)16(19)10-13-5-4-6-15(9-13)20-3;2-1-3/h4-6,9,14H,7-8,10-12H2,1-3H3;1H,(H,2,3). The normalized spacial score (nSPS) is 17.0. The topological polar surface area (TPSA) is 79.3 Å². The van der Waals surface area contributed by atoms with Crippen LogP contribution in [0, 0.1) is 0 Å². The van der Waals surface area contributed by atoms with E-state index in [1.807, 2.05) is 43.3 Å². The van der Waals surface area contributed by atoms with Crippen LogP contribution in [0.4, 0.5) is 0 Å². The average Bonchev–Trinajstić information content (AvgIpc) is 2.55. The number of ether oxygens (including phenoxy) is 2. The third-order valence-corrected chi connectivity index (χ3v) is 3.61. The molecule has 134 valence electrons. The fourth-order valence-electron chi connectivity index (χ4n) is 2.61. The fourth-order valence-corrected chi connectivity index (χ4v) is 2.61. The first-order valence-electron chi connectivity index (χ1n) is 7.74. The summed E-state index contributed by atoms with van der Waals surface area (Å²) in [5.74, 6) is 0.936. The van der Waals surface area contributed by atoms with Crippen molar-refractivity contribution in [3.8, 4) is 5.75 Å². The molecule has 0 aromatic heterocycles. The summed E-state index contributed by atoms with van der Waals surface area (Å²) in [4.78, 5) is 25.0. The molecule has 2 rings (SSSR count). The molecular formula is C17H26N2O5. The molecule has 1 aromatic carbocycles. The molecule has 0 aliphatic carbocycles. The van der Waals surface area contributed by atoms with Gasteiger partial charge in [0.1, 0.15) is 5.75 Å². The van der Waals surface area contributed by atoms with Crippen molar-refractivity contribution in [2.75, 3.05) is 47.5 Å². The summed E-state index contributed by atoms with van der Waals surface area (Å²) in [7, 11) is 5.66. The largest absolute Gasteiger partial charge is 0.497 e. The highest BCUT2D eigenvalue weighted by atomic mass is 16.5. The summed E-state index contributed by atoms with van der Waals surface area (Å²) in [5.41, 5.74) is 0.981. The molecule has 7 heteroatoms. The first kappa shape index (κ1) is 19.9. The average molecular weight is 338 g/mol. The van der Waals surface area contributed by atoms with Gasteiger partial charge < -0.3 is 24.4 Å². The van der Waals surface area contributed by atoms with Gasteiger partial charge in [0.05, 0.1) is 32.8 Å². The van der Waals surface area contributed by atoms with Gasteiger partial charge in [-0.15, -0.1) is 0 Å². The highest BCUT2D eigenvalue weighted by Crippen LogP contribution is 2.15. The van der Waals surface area contributed by atoms with Crippen LogP contribution in [0.3, 0.4) is 0 Å². The minimum atomic E-state index is -0.250. The molecule has 7 nitrogen and oxygen atoms in total. The highest BCUT2D eigenvalue weighted by molar-refractivity contribution is 5.79. The van der Waals surface area contributed by atoms with E-state index in [1.165, 1.54) is 0 Å². The number of carboxylic acid groups (broad SMARTS) is 1. The first-order chi connectivity index (χ1) is 11.5. The van der Waals surface area contributed by atoms with Crippen molar-refractivity contribution >= 4 is 12.4 Å². The zero-order valence-electron chi connectivity index (χ0n) is 14.5. The first-order valence-corrected chi connectivity index (χ1v) is 7.74. The number of likely N-dealkylation sites (N-methyl/N-ethyl adjacent to an activating group) is 1. The summed E-state index contributed by atoms with van der Waals surface area (Å²) in [6.45, 7) is 2.47. The maximum Gasteiger partial charge on any atom is 0.290 e. The van der Waals surface area contributed by atoms with Crippen LogP contribution in [-0.4, -0.2) is 80.8 Å². The maximum atomic E-state index is 12.6. The van der Waals surface area contributed by atoms with Crippen molar-refractivity contribution in [1.82, 2.24) is 9.80 Å². The van der Waals surface area contributed by atoms with Crippen LogP contribution in [0.1, 0.15) is 5.56 Å². The van der Waals surface area contributed by atoms with Gasteiger partial charge >= 0.3 is 0 Å². The molecule has 1 aliphatic heterocycles. The van der Waals surface area contributed by atoms with Gasteiger partial charge in [0.2, 0.25) is 5.91 Å². The molecule has 0 radical (unpaired) electrons. The number of benzene rings is 1. The molecule has 1 unspecified atom stereocenters. The lowest BCUT2D eigenvalue weighted by Crippen LogP contribution is -2.53. The Bertz CT molecular complexity index is 521. The second-order valence-electron chi connectivity index (χ2n) is 5.71. The van der Waals surface area contributed by atoms with Gasteiger partial charge in [0, 0.05) is 13.1 Å². The van der Waals surface area contributed by atoms with Gasteiger partial charge in [-0.2, -0.15) is 0 Å². The van der Waals surface area contributed by atoms with E-state index in [0.717, 1.165) is 17.9 Å². The van der Waals surface area contributed by atoms with E-state index in [0.29, 0.717) is 26.2 Å². The number of hydrogen-bond donors (Lipinski definition) is 1. The Kier molecular flexibility index (Phi) is 8.81. The van der Waals surface area contributed by atoms with Crippen LogP contribution < -0.4 is 4.74 Å². The number of carbonyl (C=O) groups is 2. The monoisotopic (exact) mass is 338 g/mol. The maximum absolute atomic E-state index is 12.6. The van der Waals surface area contributed by atoms with Crippen LogP contribution in [0.25, 0.3) is 0 Å². The minimum absolute atomic E-state index is 0.131. The van der Waals surface area contributed by atoms with Crippen LogP contribution in [0.5, 0.6) is 5.75 Å². The van der Waals surface area contributed by atoms with E-state index in [1.54, 1.807) is 7.11 Å². The van der Waals surface area contributed by atoms with E-state index in [4.69, 9.17) is 19.4 Å². The Morgan fingerprint density at radius 2 is 2.21 bits per heavy atom. The van der Waals surface area contributed by atoms with Crippen molar-refractivity contribution in [3.05, 3.63) is 29.8 Å². The van der Waals surface area contributed by atoms with Crippen LogP contribution >= 0.6 is 0 Å². The molecule has 1 heterocycles. The molecule has 1 fully saturated rings. The summed E-state index contributed by atoms with van der Waals surface area (Å²) < 4.78 is 10.7. The molecule has 1 amide bonds. The van der Waals surface area contributed by atoms with Gasteiger partial charge in [-0.05, 0) is 31.8 Å². The molecule has 0 bridgehead atoms. The number of amides is 1. The van der Waals surface area contributed by atoms with Gasteiger partial charge in [0.15, 0.2) is 0 Å². The summed E-state index contributed by atoms with van der Waals surface area (Å²) >= 11 is 0. The Morgan fingerprint density at radius 3 is 2.83 bits per heavy atom. The van der Waals surface area contributed by atoms with E-state index < -0.39 is 0 Å². The molecule has 1 aromatic rings. The lowest BCUT2D eigenvalue weighted by Gasteiger charge is -2.37.